The van der Waals surface area contributed by atoms with Gasteiger partial charge in [0.15, 0.2) is 0 Å². The van der Waals surface area contributed by atoms with E-state index in [0.717, 1.165) is 30.3 Å². The molecule has 0 spiro atoms. The highest BCUT2D eigenvalue weighted by Crippen LogP contribution is 2.17. The summed E-state index contributed by atoms with van der Waals surface area (Å²) in [5.41, 5.74) is 1.05. The van der Waals surface area contributed by atoms with Crippen LogP contribution in [0.3, 0.4) is 0 Å². The fraction of sp³-hybridized carbons (Fsp3) is 0.333. The van der Waals surface area contributed by atoms with E-state index in [1.165, 1.54) is 12.1 Å². The number of halogens is 1. The lowest BCUT2D eigenvalue weighted by atomic mass is 10.2. The van der Waals surface area contributed by atoms with Gasteiger partial charge in [0, 0.05) is 30.3 Å². The van der Waals surface area contributed by atoms with Crippen LogP contribution < -0.4 is 0 Å². The number of rotatable bonds is 4. The highest BCUT2D eigenvalue weighted by atomic mass is 19.1. The van der Waals surface area contributed by atoms with Crippen molar-refractivity contribution in [3.05, 3.63) is 36.3 Å². The van der Waals surface area contributed by atoms with Gasteiger partial charge < -0.3 is 9.67 Å². The van der Waals surface area contributed by atoms with Gasteiger partial charge in [-0.3, -0.25) is 0 Å². The normalized spacial score (nSPS) is 11.1. The van der Waals surface area contributed by atoms with Crippen molar-refractivity contribution in [3.8, 4) is 0 Å². The van der Waals surface area contributed by atoms with Crippen LogP contribution in [-0.2, 0) is 6.54 Å². The van der Waals surface area contributed by atoms with Gasteiger partial charge in [0.25, 0.3) is 0 Å². The number of benzene rings is 1. The lowest BCUT2D eigenvalue weighted by Crippen LogP contribution is -1.97. The van der Waals surface area contributed by atoms with Crippen molar-refractivity contribution < 1.29 is 9.50 Å². The zero-order valence-electron chi connectivity index (χ0n) is 8.49. The van der Waals surface area contributed by atoms with Gasteiger partial charge in [-0.25, -0.2) is 4.39 Å². The molecule has 2 aromatic rings. The summed E-state index contributed by atoms with van der Waals surface area (Å²) in [6.45, 7) is 1.10. The van der Waals surface area contributed by atoms with Crippen molar-refractivity contribution in [2.24, 2.45) is 0 Å². The minimum Gasteiger partial charge on any atom is -0.396 e. The molecule has 0 atom stereocenters. The Morgan fingerprint density at radius 3 is 2.87 bits per heavy atom. The summed E-state index contributed by atoms with van der Waals surface area (Å²) in [5.74, 6) is -0.199. The molecule has 1 aromatic carbocycles. The maximum absolute atomic E-state index is 12.9. The Morgan fingerprint density at radius 2 is 2.07 bits per heavy atom. The van der Waals surface area contributed by atoms with Crippen LogP contribution in [0.4, 0.5) is 4.39 Å². The Hall–Kier alpha value is -1.35. The second-order valence-electron chi connectivity index (χ2n) is 3.64. The van der Waals surface area contributed by atoms with Crippen LogP contribution >= 0.6 is 0 Å². The summed E-state index contributed by atoms with van der Waals surface area (Å²) in [6.07, 6.45) is 3.71. The predicted molar refractivity (Wildman–Crippen MR) is 58.2 cm³/mol. The van der Waals surface area contributed by atoms with E-state index in [2.05, 4.69) is 4.57 Å². The molecule has 2 nitrogen and oxygen atoms in total. The quantitative estimate of drug-likeness (QED) is 0.766. The van der Waals surface area contributed by atoms with E-state index in [0.29, 0.717) is 0 Å². The van der Waals surface area contributed by atoms with Gasteiger partial charge in [-0.1, -0.05) is 0 Å². The lowest BCUT2D eigenvalue weighted by molar-refractivity contribution is 0.281. The second-order valence-corrected chi connectivity index (χ2v) is 3.64. The minimum atomic E-state index is -0.199. The number of hydrogen-bond acceptors (Lipinski definition) is 1. The van der Waals surface area contributed by atoms with Crippen LogP contribution in [0, 0.1) is 5.82 Å². The Bertz CT molecular complexity index is 450. The highest BCUT2D eigenvalue weighted by molar-refractivity contribution is 5.80. The molecular formula is C12H14FNO. The molecule has 0 aliphatic heterocycles. The maximum atomic E-state index is 12.9. The molecule has 0 saturated heterocycles. The van der Waals surface area contributed by atoms with Crippen LogP contribution in [0.1, 0.15) is 12.8 Å². The third-order valence-electron chi connectivity index (χ3n) is 2.54. The van der Waals surface area contributed by atoms with Crippen molar-refractivity contribution in [1.29, 1.82) is 0 Å². The summed E-state index contributed by atoms with van der Waals surface area (Å²) in [5, 5.41) is 9.62. The zero-order valence-corrected chi connectivity index (χ0v) is 8.49. The molecular weight excluding hydrogens is 193 g/mol. The fourth-order valence-corrected chi connectivity index (χ4v) is 1.76. The van der Waals surface area contributed by atoms with Gasteiger partial charge in [0.05, 0.1) is 0 Å². The molecule has 0 saturated carbocycles. The van der Waals surface area contributed by atoms with Gasteiger partial charge in [0.2, 0.25) is 0 Å². The molecule has 0 unspecified atom stereocenters. The second kappa shape index (κ2) is 4.45. The maximum Gasteiger partial charge on any atom is 0.123 e. The number of hydrogen-bond donors (Lipinski definition) is 1. The first kappa shape index (κ1) is 10.2. The van der Waals surface area contributed by atoms with Crippen molar-refractivity contribution in [3.63, 3.8) is 0 Å². The Morgan fingerprint density at radius 1 is 1.20 bits per heavy atom. The Kier molecular flexibility index (Phi) is 3.02. The fourth-order valence-electron chi connectivity index (χ4n) is 1.76. The number of fused-ring (bicyclic) bond motifs is 1. The molecule has 0 aliphatic carbocycles. The third kappa shape index (κ3) is 2.18. The smallest absolute Gasteiger partial charge is 0.123 e. The van der Waals surface area contributed by atoms with Gasteiger partial charge in [-0.15, -0.1) is 0 Å². The number of unbranched alkanes of at least 4 members (excludes halogenated alkanes) is 1. The molecule has 2 rings (SSSR count). The molecule has 1 N–H and O–H groups in total. The third-order valence-corrected chi connectivity index (χ3v) is 2.54. The van der Waals surface area contributed by atoms with E-state index in [4.69, 9.17) is 5.11 Å². The summed E-state index contributed by atoms with van der Waals surface area (Å²) in [7, 11) is 0. The van der Waals surface area contributed by atoms with Crippen LogP contribution in [0.15, 0.2) is 30.5 Å². The largest absolute Gasteiger partial charge is 0.396 e. The molecule has 0 amide bonds. The molecule has 1 heterocycles. The van der Waals surface area contributed by atoms with Crippen molar-refractivity contribution >= 4 is 10.9 Å². The van der Waals surface area contributed by atoms with Gasteiger partial charge in [-0.2, -0.15) is 0 Å². The number of aliphatic hydroxyl groups is 1. The summed E-state index contributed by atoms with van der Waals surface area (Å²) in [6, 6.07) is 6.73. The van der Waals surface area contributed by atoms with Gasteiger partial charge in [0.1, 0.15) is 5.82 Å². The van der Waals surface area contributed by atoms with E-state index in [1.54, 1.807) is 6.07 Å². The average Bonchev–Trinajstić information content (AvgIpc) is 2.61. The summed E-state index contributed by atoms with van der Waals surface area (Å²) in [4.78, 5) is 0. The van der Waals surface area contributed by atoms with E-state index in [9.17, 15) is 4.39 Å². The molecule has 0 fully saturated rings. The Labute approximate surface area is 88.0 Å². The molecule has 80 valence electrons. The van der Waals surface area contributed by atoms with Gasteiger partial charge in [-0.05, 0) is 37.1 Å². The number of aryl methyl sites for hydroxylation is 1. The summed E-state index contributed by atoms with van der Waals surface area (Å²) < 4.78 is 15.0. The van der Waals surface area contributed by atoms with Crippen molar-refractivity contribution in [1.82, 2.24) is 4.57 Å². The standard InChI is InChI=1S/C12H14FNO/c13-11-3-4-12-10(9-11)5-7-14(12)6-1-2-8-15/h3-5,7,9,15H,1-2,6,8H2. The highest BCUT2D eigenvalue weighted by Gasteiger charge is 2.01. The number of aliphatic hydroxyl groups excluding tert-OH is 1. The molecule has 15 heavy (non-hydrogen) atoms. The average molecular weight is 207 g/mol. The SMILES string of the molecule is OCCCCn1ccc2cc(F)ccc21. The van der Waals surface area contributed by atoms with E-state index in [-0.39, 0.29) is 12.4 Å². The first-order chi connectivity index (χ1) is 7.31. The lowest BCUT2D eigenvalue weighted by Gasteiger charge is -2.04. The van der Waals surface area contributed by atoms with Gasteiger partial charge >= 0.3 is 0 Å². The molecule has 0 aliphatic rings. The minimum absolute atomic E-state index is 0.199. The van der Waals surface area contributed by atoms with Crippen LogP contribution in [-0.4, -0.2) is 16.3 Å². The molecule has 1 aromatic heterocycles. The van der Waals surface area contributed by atoms with E-state index < -0.39 is 0 Å². The van der Waals surface area contributed by atoms with Crippen LogP contribution in [0.2, 0.25) is 0 Å². The first-order valence-corrected chi connectivity index (χ1v) is 5.16. The Balaban J connectivity index is 2.21. The van der Waals surface area contributed by atoms with Crippen LogP contribution in [0.5, 0.6) is 0 Å². The van der Waals surface area contributed by atoms with Crippen LogP contribution in [0.25, 0.3) is 10.9 Å². The predicted octanol–water partition coefficient (Wildman–Crippen LogP) is 2.55. The monoisotopic (exact) mass is 207 g/mol. The van der Waals surface area contributed by atoms with Crippen molar-refractivity contribution in [2.45, 2.75) is 19.4 Å². The summed E-state index contributed by atoms with van der Waals surface area (Å²) >= 11 is 0. The zero-order chi connectivity index (χ0) is 10.7. The topological polar surface area (TPSA) is 25.2 Å². The molecule has 0 radical (unpaired) electrons. The van der Waals surface area contributed by atoms with E-state index in [1.807, 2.05) is 12.3 Å². The number of nitrogens with zero attached hydrogens (tertiary/aromatic N) is 1. The number of aromatic nitrogens is 1. The first-order valence-electron chi connectivity index (χ1n) is 5.16. The molecule has 0 bridgehead atoms. The van der Waals surface area contributed by atoms with E-state index >= 15 is 0 Å². The molecule has 3 heteroatoms. The van der Waals surface area contributed by atoms with Crippen molar-refractivity contribution in [2.75, 3.05) is 6.61 Å².